The van der Waals surface area contributed by atoms with Gasteiger partial charge < -0.3 is 0 Å². The molecule has 12 aromatic rings. The summed E-state index contributed by atoms with van der Waals surface area (Å²) in [5.74, 6) is 0. The van der Waals surface area contributed by atoms with Gasteiger partial charge in [0.1, 0.15) is 0 Å². The fourth-order valence-electron chi connectivity index (χ4n) is 15.2. The van der Waals surface area contributed by atoms with Crippen molar-refractivity contribution in [2.24, 2.45) is 0 Å². The Morgan fingerprint density at radius 3 is 1.38 bits per heavy atom. The molecule has 0 N–H and O–H groups in total. The molecule has 0 fully saturated rings. The van der Waals surface area contributed by atoms with Gasteiger partial charge in [-0.25, -0.2) is 0 Å². The van der Waals surface area contributed by atoms with Crippen LogP contribution in [0.5, 0.6) is 0 Å². The van der Waals surface area contributed by atoms with Crippen molar-refractivity contribution in [2.75, 3.05) is 0 Å². The molecule has 2 aliphatic rings. The molecule has 476 valence electrons. The number of unbranched alkanes of at least 4 members (excludes halogenated alkanes) is 12. The summed E-state index contributed by atoms with van der Waals surface area (Å²) in [5, 5.41) is 5.63. The normalized spacial score (nSPS) is 13.5. The summed E-state index contributed by atoms with van der Waals surface area (Å²) in [6, 6.07) is 41.1. The summed E-state index contributed by atoms with van der Waals surface area (Å²) in [6.07, 6.45) is 26.6. The van der Waals surface area contributed by atoms with Crippen LogP contribution in [0.3, 0.4) is 0 Å². The van der Waals surface area contributed by atoms with E-state index >= 15 is 0 Å². The maximum absolute atomic E-state index is 2.81. The molecule has 2 aliphatic carbocycles. The molecule has 0 bridgehead atoms. The molecule has 14 rings (SSSR count). The highest BCUT2D eigenvalue weighted by atomic mass is 32.1. The second-order valence-corrected chi connectivity index (χ2v) is 36.8. The van der Waals surface area contributed by atoms with Gasteiger partial charge in [-0.1, -0.05) is 160 Å². The van der Waals surface area contributed by atoms with E-state index in [0.717, 1.165) is 0 Å². The Hall–Kier alpha value is -4.48. The number of rotatable bonds is 23. The molecule has 8 heterocycles. The van der Waals surface area contributed by atoms with Crippen LogP contribution in [0.4, 0.5) is 0 Å². The number of aryl methyl sites for hydroxylation is 9. The third-order valence-corrected chi connectivity index (χ3v) is 29.1. The fraction of sp³-hybridized carbons (Fsp3) is 0.422. The molecule has 8 heteroatoms. The second kappa shape index (κ2) is 28.8. The zero-order valence-corrected chi connectivity index (χ0v) is 63.3. The van der Waals surface area contributed by atoms with E-state index in [-0.39, 0.29) is 10.8 Å². The highest BCUT2D eigenvalue weighted by molar-refractivity contribution is 7.26. The van der Waals surface area contributed by atoms with Crippen molar-refractivity contribution in [2.45, 2.75) is 229 Å². The molecular formula is C83H96S8. The van der Waals surface area contributed by atoms with Gasteiger partial charge in [0.2, 0.25) is 0 Å². The summed E-state index contributed by atoms with van der Waals surface area (Å²) in [4.78, 5) is 17.4. The monoisotopic (exact) mass is 1350 g/mol. The Morgan fingerprint density at radius 1 is 0.330 bits per heavy atom. The SMILES string of the molecule is CCCCCCC1(CCCCCC)c2cc3c(cc2-c2sc(C)cc21)C(CCCCCC)(CCCCCC)c1cc(-c2ccc(C)cc2)sc1-3.Cc1cc2cc3sc(-c4cc(C)c(C)s4)cc3cc2s1.Cc1ccc(-c2c3cc(C)sc3c(C)c3cc(C)sc23)s1. The van der Waals surface area contributed by atoms with Gasteiger partial charge in [-0.3, -0.25) is 0 Å². The van der Waals surface area contributed by atoms with E-state index < -0.39 is 0 Å². The zero-order valence-electron chi connectivity index (χ0n) is 56.7. The Balaban J connectivity index is 0.000000158. The molecule has 0 atom stereocenters. The van der Waals surface area contributed by atoms with Crippen molar-refractivity contribution >= 4 is 131 Å². The zero-order chi connectivity index (χ0) is 63.7. The Bertz CT molecular complexity index is 4330. The molecule has 91 heavy (non-hydrogen) atoms. The van der Waals surface area contributed by atoms with Crippen LogP contribution in [0.2, 0.25) is 0 Å². The van der Waals surface area contributed by atoms with Crippen LogP contribution in [0.15, 0.2) is 103 Å². The molecule has 0 saturated heterocycles. The van der Waals surface area contributed by atoms with Gasteiger partial charge in [-0.15, -0.1) is 90.7 Å². The predicted molar refractivity (Wildman–Crippen MR) is 419 cm³/mol. The Labute approximate surface area is 577 Å². The number of hydrogen-bond acceptors (Lipinski definition) is 8. The van der Waals surface area contributed by atoms with Crippen LogP contribution in [-0.4, -0.2) is 0 Å². The van der Waals surface area contributed by atoms with E-state index in [9.17, 15) is 0 Å². The molecule has 0 nitrogen and oxygen atoms in total. The molecule has 0 unspecified atom stereocenters. The van der Waals surface area contributed by atoms with E-state index in [1.807, 2.05) is 68.0 Å². The van der Waals surface area contributed by atoms with E-state index in [2.05, 4.69) is 216 Å². The number of thiophene rings is 8. The van der Waals surface area contributed by atoms with Gasteiger partial charge in [0.25, 0.3) is 0 Å². The predicted octanol–water partition coefficient (Wildman–Crippen LogP) is 30.4. The lowest BCUT2D eigenvalue weighted by molar-refractivity contribution is 0.398. The lowest BCUT2D eigenvalue weighted by Gasteiger charge is -2.34. The quantitative estimate of drug-likeness (QED) is 0.0560. The molecule has 0 radical (unpaired) electrons. The minimum Gasteiger partial charge on any atom is -0.141 e. The van der Waals surface area contributed by atoms with E-state index in [0.29, 0.717) is 0 Å². The van der Waals surface area contributed by atoms with Crippen LogP contribution >= 0.6 is 90.7 Å². The Morgan fingerprint density at radius 2 is 0.835 bits per heavy atom. The van der Waals surface area contributed by atoms with E-state index in [4.69, 9.17) is 0 Å². The molecule has 0 saturated carbocycles. The van der Waals surface area contributed by atoms with Gasteiger partial charge in [-0.05, 0) is 233 Å². The largest absolute Gasteiger partial charge is 0.141 e. The first kappa shape index (κ1) is 66.5. The second-order valence-electron chi connectivity index (χ2n) is 27.0. The van der Waals surface area contributed by atoms with Crippen molar-refractivity contribution in [3.05, 3.63) is 171 Å². The summed E-state index contributed by atoms with van der Waals surface area (Å²) >= 11 is 15.7. The maximum atomic E-state index is 2.81. The summed E-state index contributed by atoms with van der Waals surface area (Å²) < 4.78 is 5.71. The van der Waals surface area contributed by atoms with E-state index in [1.54, 1.807) is 43.1 Å². The number of fused-ring (bicyclic) bond motifs is 10. The van der Waals surface area contributed by atoms with Crippen LogP contribution < -0.4 is 0 Å². The minimum atomic E-state index is 0.126. The summed E-state index contributed by atoms with van der Waals surface area (Å²) in [7, 11) is 0. The average Bonchev–Trinajstić information content (AvgIpc) is 1.53. The summed E-state index contributed by atoms with van der Waals surface area (Å²) in [6.45, 7) is 29.5. The topological polar surface area (TPSA) is 0 Å². The third-order valence-electron chi connectivity index (χ3n) is 20.1. The van der Waals surface area contributed by atoms with Crippen LogP contribution in [0.25, 0.3) is 91.9 Å². The molecule has 0 aliphatic heterocycles. The maximum Gasteiger partial charge on any atom is 0.0455 e. The highest BCUT2D eigenvalue weighted by Crippen LogP contribution is 2.64. The first-order valence-corrected chi connectivity index (χ1v) is 41.1. The number of hydrogen-bond donors (Lipinski definition) is 0. The molecular weight excluding hydrogens is 1250 g/mol. The van der Waals surface area contributed by atoms with Gasteiger partial charge in [0, 0.05) is 99.1 Å². The summed E-state index contributed by atoms with van der Waals surface area (Å²) in [5.41, 5.74) is 17.3. The smallest absolute Gasteiger partial charge is 0.0455 e. The van der Waals surface area contributed by atoms with E-state index in [1.165, 1.54) is 245 Å². The van der Waals surface area contributed by atoms with Gasteiger partial charge in [0.05, 0.1) is 0 Å². The fourth-order valence-corrected chi connectivity index (χ4v) is 24.0. The third kappa shape index (κ3) is 13.5. The Kier molecular flexibility index (Phi) is 21.1. The molecule has 0 amide bonds. The van der Waals surface area contributed by atoms with Gasteiger partial charge >= 0.3 is 0 Å². The molecule has 0 spiro atoms. The first-order valence-electron chi connectivity index (χ1n) is 34.6. The van der Waals surface area contributed by atoms with Crippen LogP contribution in [0, 0.1) is 62.3 Å². The van der Waals surface area contributed by atoms with Gasteiger partial charge in [-0.2, -0.15) is 0 Å². The van der Waals surface area contributed by atoms with Crippen LogP contribution in [-0.2, 0) is 10.8 Å². The van der Waals surface area contributed by atoms with Crippen molar-refractivity contribution in [3.63, 3.8) is 0 Å². The lowest BCUT2D eigenvalue weighted by atomic mass is 9.68. The highest BCUT2D eigenvalue weighted by Gasteiger charge is 2.49. The lowest BCUT2D eigenvalue weighted by Crippen LogP contribution is -2.27. The average molecular weight is 1350 g/mol. The van der Waals surface area contributed by atoms with Crippen molar-refractivity contribution in [1.82, 2.24) is 0 Å². The van der Waals surface area contributed by atoms with Crippen molar-refractivity contribution in [1.29, 1.82) is 0 Å². The molecule has 8 aromatic heterocycles. The van der Waals surface area contributed by atoms with Crippen LogP contribution in [0.1, 0.15) is 224 Å². The van der Waals surface area contributed by atoms with Crippen molar-refractivity contribution in [3.8, 4) is 51.5 Å². The number of benzene rings is 4. The van der Waals surface area contributed by atoms with Gasteiger partial charge in [0.15, 0.2) is 0 Å². The minimum absolute atomic E-state index is 0.126. The standard InChI is InChI=1S/C48H66S2.C18H16S3.C17H14S3/c1-7-11-15-19-27-47(28-20-16-12-8-2)40-33-39-41(32-38(40)45-42(47)31-36(6)49-45)48(29-21-17-13-9-3,30-22-18-14-10-4)43-34-44(50-46(39)43)37-25-23-35(5)24-26-37;1-9-5-6-15(19-9)16-14-8-11(3)20-17(14)12(4)13-7-10(2)21-18(13)16;1-9-4-16(19-11(9)3)17-8-13-7-14-12(5-10(2)18-14)6-15(13)20-17/h23-26,31-34H,7-22,27-30H2,1-6H3;5-8H,1-4H3;4-8H,1-3H3. The first-order chi connectivity index (χ1) is 44.1. The van der Waals surface area contributed by atoms with Crippen molar-refractivity contribution < 1.29 is 0 Å². The molecule has 4 aromatic carbocycles.